The number of fused-ring (bicyclic) bond motifs is 1. The Morgan fingerprint density at radius 2 is 1.89 bits per heavy atom. The average molecular weight is 254 g/mol. The summed E-state index contributed by atoms with van der Waals surface area (Å²) in [6, 6.07) is 13.6. The van der Waals surface area contributed by atoms with Crippen LogP contribution in [-0.4, -0.2) is 11.5 Å². The van der Waals surface area contributed by atoms with Crippen LogP contribution in [0.2, 0.25) is 0 Å². The molecule has 3 rings (SSSR count). The molecule has 0 spiro atoms. The molecule has 2 heteroatoms. The molecule has 1 aliphatic heterocycles. The first-order valence-electron chi connectivity index (χ1n) is 6.12. The molecule has 0 bridgehead atoms. The van der Waals surface area contributed by atoms with Crippen molar-refractivity contribution in [3.63, 3.8) is 0 Å². The first kappa shape index (κ1) is 11.5. The van der Waals surface area contributed by atoms with Crippen LogP contribution in [0.1, 0.15) is 27.0 Å². The quantitative estimate of drug-likeness (QED) is 0.757. The highest BCUT2D eigenvalue weighted by atomic mass is 32.2. The van der Waals surface area contributed by atoms with Gasteiger partial charge in [-0.1, -0.05) is 30.3 Å². The zero-order valence-corrected chi connectivity index (χ0v) is 11.1. The second-order valence-corrected chi connectivity index (χ2v) is 5.65. The Labute approximate surface area is 111 Å². The molecule has 0 saturated heterocycles. The first-order chi connectivity index (χ1) is 8.77. The van der Waals surface area contributed by atoms with E-state index in [4.69, 9.17) is 0 Å². The van der Waals surface area contributed by atoms with Crippen LogP contribution < -0.4 is 0 Å². The van der Waals surface area contributed by atoms with Crippen molar-refractivity contribution in [1.29, 1.82) is 0 Å². The first-order valence-corrected chi connectivity index (χ1v) is 7.11. The number of carbonyl (C=O) groups is 1. The van der Waals surface area contributed by atoms with Crippen molar-refractivity contribution in [2.45, 2.75) is 18.2 Å². The summed E-state index contributed by atoms with van der Waals surface area (Å²) in [6.45, 7) is 2.07. The number of rotatable bonds is 2. The topological polar surface area (TPSA) is 17.1 Å². The molecule has 0 saturated carbocycles. The third kappa shape index (κ3) is 1.87. The van der Waals surface area contributed by atoms with E-state index in [9.17, 15) is 4.79 Å². The van der Waals surface area contributed by atoms with Crippen molar-refractivity contribution in [3.8, 4) is 0 Å². The number of carbonyl (C=O) groups excluding carboxylic acids is 1. The number of thioether (sulfide) groups is 1. The van der Waals surface area contributed by atoms with E-state index in [2.05, 4.69) is 13.0 Å². The van der Waals surface area contributed by atoms with Crippen molar-refractivity contribution >= 4 is 17.5 Å². The minimum Gasteiger partial charge on any atom is -0.289 e. The highest BCUT2D eigenvalue weighted by Crippen LogP contribution is 2.35. The van der Waals surface area contributed by atoms with Crippen LogP contribution in [0, 0.1) is 6.92 Å². The largest absolute Gasteiger partial charge is 0.289 e. The summed E-state index contributed by atoms with van der Waals surface area (Å²) in [4.78, 5) is 13.8. The molecule has 0 aliphatic carbocycles. The normalized spacial score (nSPS) is 13.4. The molecule has 0 amide bonds. The molecule has 1 heterocycles. The van der Waals surface area contributed by atoms with E-state index >= 15 is 0 Å². The number of ketones is 1. The molecule has 18 heavy (non-hydrogen) atoms. The highest BCUT2D eigenvalue weighted by Gasteiger charge is 2.19. The Hall–Kier alpha value is -1.54. The van der Waals surface area contributed by atoms with E-state index < -0.39 is 0 Å². The van der Waals surface area contributed by atoms with Gasteiger partial charge in [-0.3, -0.25) is 4.79 Å². The van der Waals surface area contributed by atoms with Gasteiger partial charge in [0.15, 0.2) is 5.78 Å². The smallest absolute Gasteiger partial charge is 0.193 e. The van der Waals surface area contributed by atoms with Gasteiger partial charge in [-0.15, -0.1) is 11.8 Å². The molecule has 90 valence electrons. The fourth-order valence-electron chi connectivity index (χ4n) is 2.43. The lowest BCUT2D eigenvalue weighted by Crippen LogP contribution is -2.05. The number of benzene rings is 2. The monoisotopic (exact) mass is 254 g/mol. The second kappa shape index (κ2) is 4.62. The standard InChI is InChI=1S/C16H14OS/c1-11-13-9-10-18-15(13)8-7-14(11)16(17)12-5-3-2-4-6-12/h2-8H,9-10H2,1H3. The molecule has 2 aromatic rings. The lowest BCUT2D eigenvalue weighted by molar-refractivity contribution is 0.103. The molecule has 2 aromatic carbocycles. The Bertz CT molecular complexity index is 602. The van der Waals surface area contributed by atoms with Gasteiger partial charge in [-0.05, 0) is 36.6 Å². The third-order valence-corrected chi connectivity index (χ3v) is 4.55. The van der Waals surface area contributed by atoms with Crippen LogP contribution in [0.3, 0.4) is 0 Å². The van der Waals surface area contributed by atoms with Crippen LogP contribution in [0.25, 0.3) is 0 Å². The van der Waals surface area contributed by atoms with Crippen LogP contribution in [0.15, 0.2) is 47.4 Å². The van der Waals surface area contributed by atoms with Gasteiger partial charge >= 0.3 is 0 Å². The van der Waals surface area contributed by atoms with E-state index in [1.165, 1.54) is 10.5 Å². The maximum Gasteiger partial charge on any atom is 0.193 e. The Balaban J connectivity index is 2.06. The van der Waals surface area contributed by atoms with Gasteiger partial charge in [0.05, 0.1) is 0 Å². The van der Waals surface area contributed by atoms with Crippen LogP contribution in [-0.2, 0) is 6.42 Å². The van der Waals surface area contributed by atoms with Crippen LogP contribution >= 0.6 is 11.8 Å². The fraction of sp³-hybridized carbons (Fsp3) is 0.188. The maximum atomic E-state index is 12.5. The van der Waals surface area contributed by atoms with Crippen molar-refractivity contribution < 1.29 is 4.79 Å². The summed E-state index contributed by atoms with van der Waals surface area (Å²) in [5.74, 6) is 1.27. The van der Waals surface area contributed by atoms with E-state index in [1.807, 2.05) is 48.2 Å². The maximum absolute atomic E-state index is 12.5. The lowest BCUT2D eigenvalue weighted by atomic mass is 9.95. The van der Waals surface area contributed by atoms with Gasteiger partial charge in [0.1, 0.15) is 0 Å². The molecule has 0 N–H and O–H groups in total. The molecular formula is C16H14OS. The van der Waals surface area contributed by atoms with E-state index in [0.717, 1.165) is 28.9 Å². The summed E-state index contributed by atoms with van der Waals surface area (Å²) in [5, 5.41) is 0. The highest BCUT2D eigenvalue weighted by molar-refractivity contribution is 7.99. The van der Waals surface area contributed by atoms with Crippen molar-refractivity contribution in [1.82, 2.24) is 0 Å². The lowest BCUT2D eigenvalue weighted by Gasteiger charge is -2.09. The third-order valence-electron chi connectivity index (χ3n) is 3.45. The van der Waals surface area contributed by atoms with Crippen molar-refractivity contribution in [2.24, 2.45) is 0 Å². The minimum absolute atomic E-state index is 0.132. The summed E-state index contributed by atoms with van der Waals surface area (Å²) in [5.41, 5.74) is 4.14. The van der Waals surface area contributed by atoms with Gasteiger partial charge in [0.25, 0.3) is 0 Å². The molecular weight excluding hydrogens is 240 g/mol. The number of hydrogen-bond acceptors (Lipinski definition) is 2. The zero-order valence-electron chi connectivity index (χ0n) is 10.3. The summed E-state index contributed by atoms with van der Waals surface area (Å²) in [6.07, 6.45) is 1.09. The second-order valence-electron chi connectivity index (χ2n) is 4.51. The zero-order chi connectivity index (χ0) is 12.5. The van der Waals surface area contributed by atoms with E-state index in [1.54, 1.807) is 0 Å². The van der Waals surface area contributed by atoms with Gasteiger partial charge in [-0.25, -0.2) is 0 Å². The molecule has 0 unspecified atom stereocenters. The van der Waals surface area contributed by atoms with Gasteiger partial charge in [-0.2, -0.15) is 0 Å². The summed E-state index contributed by atoms with van der Waals surface area (Å²) >= 11 is 1.89. The van der Waals surface area contributed by atoms with Gasteiger partial charge < -0.3 is 0 Å². The predicted octanol–water partition coefficient (Wildman–Crippen LogP) is 3.87. The van der Waals surface area contributed by atoms with Crippen molar-refractivity contribution in [2.75, 3.05) is 5.75 Å². The summed E-state index contributed by atoms with van der Waals surface area (Å²) in [7, 11) is 0. The molecule has 0 radical (unpaired) electrons. The van der Waals surface area contributed by atoms with E-state index in [-0.39, 0.29) is 5.78 Å². The van der Waals surface area contributed by atoms with Crippen molar-refractivity contribution in [3.05, 3.63) is 64.7 Å². The average Bonchev–Trinajstić information content (AvgIpc) is 2.89. The molecule has 1 aliphatic rings. The molecule has 0 atom stereocenters. The Morgan fingerprint density at radius 3 is 2.67 bits per heavy atom. The predicted molar refractivity (Wildman–Crippen MR) is 75.5 cm³/mol. The minimum atomic E-state index is 0.132. The number of hydrogen-bond donors (Lipinski definition) is 0. The Kier molecular flexibility index (Phi) is 2.96. The van der Waals surface area contributed by atoms with Gasteiger partial charge in [0.2, 0.25) is 0 Å². The Morgan fingerprint density at radius 1 is 1.11 bits per heavy atom. The molecule has 0 aromatic heterocycles. The van der Waals surface area contributed by atoms with Crippen LogP contribution in [0.5, 0.6) is 0 Å². The van der Waals surface area contributed by atoms with Crippen LogP contribution in [0.4, 0.5) is 0 Å². The van der Waals surface area contributed by atoms with E-state index in [0.29, 0.717) is 0 Å². The van der Waals surface area contributed by atoms with Gasteiger partial charge in [0, 0.05) is 21.8 Å². The molecule has 0 fully saturated rings. The summed E-state index contributed by atoms with van der Waals surface area (Å²) < 4.78 is 0. The SMILES string of the molecule is Cc1c(C(=O)c2ccccc2)ccc2c1CCS2. The molecule has 1 nitrogen and oxygen atoms in total. The fourth-order valence-corrected chi connectivity index (χ4v) is 3.55.